The maximum Gasteiger partial charge on any atom is 0.182 e. The quantitative estimate of drug-likeness (QED) is 0.366. The molecule has 3 aromatic heterocycles. The van der Waals surface area contributed by atoms with Crippen molar-refractivity contribution in [2.45, 2.75) is 0 Å². The van der Waals surface area contributed by atoms with Crippen molar-refractivity contribution in [1.29, 1.82) is 0 Å². The molecule has 0 bridgehead atoms. The molecule has 20 heavy (non-hydrogen) atoms. The van der Waals surface area contributed by atoms with E-state index in [-0.39, 0.29) is 0 Å². The highest BCUT2D eigenvalue weighted by molar-refractivity contribution is 5.85. The van der Waals surface area contributed by atoms with Gasteiger partial charge in [-0.05, 0) is 6.07 Å². The number of hydroxylamine groups is 1. The Morgan fingerprint density at radius 1 is 1.30 bits per heavy atom. The van der Waals surface area contributed by atoms with Crippen LogP contribution in [0.4, 0.5) is 17.2 Å². The van der Waals surface area contributed by atoms with Crippen LogP contribution in [0, 0.1) is 0 Å². The van der Waals surface area contributed by atoms with Crippen LogP contribution in [-0.2, 0) is 0 Å². The molecule has 0 saturated heterocycles. The Bertz CT molecular complexity index is 768. The topological polar surface area (TPSA) is 129 Å². The van der Waals surface area contributed by atoms with Crippen LogP contribution in [0.25, 0.3) is 11.2 Å². The Kier molecular flexibility index (Phi) is 2.94. The number of nitrogens with one attached hydrogen (secondary N) is 1. The van der Waals surface area contributed by atoms with Gasteiger partial charge < -0.3 is 10.7 Å². The number of H-pyrrole nitrogens is 1. The summed E-state index contributed by atoms with van der Waals surface area (Å²) in [6, 6.07) is 1.56. The Labute approximate surface area is 112 Å². The summed E-state index contributed by atoms with van der Waals surface area (Å²) in [6.07, 6.45) is 6.97. The van der Waals surface area contributed by atoms with E-state index in [1.54, 1.807) is 6.07 Å². The van der Waals surface area contributed by atoms with E-state index >= 15 is 0 Å². The van der Waals surface area contributed by atoms with Crippen LogP contribution in [0.15, 0.2) is 36.1 Å². The zero-order valence-electron chi connectivity index (χ0n) is 10.2. The van der Waals surface area contributed by atoms with E-state index in [0.717, 1.165) is 5.06 Å². The normalized spacial score (nSPS) is 11.2. The number of hydrogen-bond acceptors (Lipinski definition) is 7. The molecule has 3 aromatic rings. The molecule has 100 valence electrons. The molecule has 9 heteroatoms. The van der Waals surface area contributed by atoms with Gasteiger partial charge in [-0.2, -0.15) is 0 Å². The third-order valence-electron chi connectivity index (χ3n) is 2.50. The number of hydrogen-bond donors (Lipinski definition) is 3. The van der Waals surface area contributed by atoms with Crippen molar-refractivity contribution in [3.05, 3.63) is 31.1 Å². The van der Waals surface area contributed by atoms with Crippen molar-refractivity contribution in [2.24, 2.45) is 4.99 Å². The minimum Gasteiger partial charge on any atom is -0.397 e. The lowest BCUT2D eigenvalue weighted by Crippen LogP contribution is -2.15. The lowest BCUT2D eigenvalue weighted by atomic mass is 10.4. The molecule has 0 aliphatic heterocycles. The first-order valence-electron chi connectivity index (χ1n) is 5.61. The lowest BCUT2D eigenvalue weighted by Gasteiger charge is -2.10. The number of nitrogen functional groups attached to an aromatic ring is 1. The maximum absolute atomic E-state index is 9.85. The molecular weight excluding hydrogens is 260 g/mol. The second kappa shape index (κ2) is 4.90. The Morgan fingerprint density at radius 2 is 2.20 bits per heavy atom. The summed E-state index contributed by atoms with van der Waals surface area (Å²) < 4.78 is 0. The zero-order chi connectivity index (χ0) is 13.9. The standard InChI is InChI=1S/C11H10N8O/c12-7-1-8(3-13-2-7)19(20)6-18-11-9-10(15-4-14-9)16-5-17-11/h1-6,20H,12H2,(H,14,15,16,17). The molecule has 0 saturated carbocycles. The average molecular weight is 270 g/mol. The molecule has 4 N–H and O–H groups in total. The van der Waals surface area contributed by atoms with E-state index in [0.29, 0.717) is 28.4 Å². The number of nitrogens with zero attached hydrogens (tertiary/aromatic N) is 6. The number of rotatable bonds is 3. The van der Waals surface area contributed by atoms with Crippen molar-refractivity contribution < 1.29 is 5.21 Å². The van der Waals surface area contributed by atoms with Crippen LogP contribution >= 0.6 is 0 Å². The van der Waals surface area contributed by atoms with E-state index in [1.807, 2.05) is 0 Å². The highest BCUT2D eigenvalue weighted by atomic mass is 16.5. The predicted octanol–water partition coefficient (Wildman–Crippen LogP) is 0.886. The number of aromatic nitrogens is 5. The first-order chi connectivity index (χ1) is 9.74. The fraction of sp³-hybridized carbons (Fsp3) is 0. The smallest absolute Gasteiger partial charge is 0.182 e. The number of pyridine rings is 1. The summed E-state index contributed by atoms with van der Waals surface area (Å²) >= 11 is 0. The van der Waals surface area contributed by atoms with Crippen molar-refractivity contribution in [3.8, 4) is 0 Å². The fourth-order valence-electron chi connectivity index (χ4n) is 1.60. The van der Waals surface area contributed by atoms with Gasteiger partial charge in [0.2, 0.25) is 0 Å². The van der Waals surface area contributed by atoms with Crippen molar-refractivity contribution in [2.75, 3.05) is 10.8 Å². The van der Waals surface area contributed by atoms with Gasteiger partial charge in [0.25, 0.3) is 0 Å². The van der Waals surface area contributed by atoms with E-state index in [4.69, 9.17) is 5.73 Å². The van der Waals surface area contributed by atoms with Crippen LogP contribution in [0.2, 0.25) is 0 Å². The second-order valence-electron chi connectivity index (χ2n) is 3.86. The predicted molar refractivity (Wildman–Crippen MR) is 72.8 cm³/mol. The maximum atomic E-state index is 9.85. The van der Waals surface area contributed by atoms with Gasteiger partial charge in [-0.15, -0.1) is 0 Å². The first kappa shape index (κ1) is 12.0. The van der Waals surface area contributed by atoms with Gasteiger partial charge in [0.1, 0.15) is 18.2 Å². The number of aromatic amines is 1. The van der Waals surface area contributed by atoms with Gasteiger partial charge in [0, 0.05) is 6.20 Å². The summed E-state index contributed by atoms with van der Waals surface area (Å²) in [6.45, 7) is 0. The van der Waals surface area contributed by atoms with Crippen molar-refractivity contribution in [3.63, 3.8) is 0 Å². The molecule has 0 radical (unpaired) electrons. The highest BCUT2D eigenvalue weighted by Gasteiger charge is 2.05. The van der Waals surface area contributed by atoms with Crippen LogP contribution in [-0.4, -0.2) is 36.5 Å². The SMILES string of the molecule is Nc1cncc(N(O)C=Nc2ncnc3nc[nH]c23)c1. The number of imidazole rings is 1. The molecule has 0 aliphatic carbocycles. The second-order valence-corrected chi connectivity index (χ2v) is 3.86. The summed E-state index contributed by atoms with van der Waals surface area (Å²) in [5.41, 5.74) is 7.50. The largest absolute Gasteiger partial charge is 0.397 e. The van der Waals surface area contributed by atoms with Gasteiger partial charge in [-0.25, -0.2) is 25.0 Å². The van der Waals surface area contributed by atoms with E-state index in [1.165, 1.54) is 31.4 Å². The van der Waals surface area contributed by atoms with Crippen molar-refractivity contribution >= 4 is 34.7 Å². The number of fused-ring (bicyclic) bond motifs is 1. The molecule has 0 aromatic carbocycles. The van der Waals surface area contributed by atoms with Gasteiger partial charge in [-0.1, -0.05) is 0 Å². The third-order valence-corrected chi connectivity index (χ3v) is 2.50. The van der Waals surface area contributed by atoms with Crippen LogP contribution in [0.5, 0.6) is 0 Å². The van der Waals surface area contributed by atoms with Gasteiger partial charge in [0.05, 0.1) is 23.9 Å². The lowest BCUT2D eigenvalue weighted by molar-refractivity contribution is 0.316. The van der Waals surface area contributed by atoms with Crippen molar-refractivity contribution in [1.82, 2.24) is 24.9 Å². The molecule has 0 aliphatic rings. The van der Waals surface area contributed by atoms with Crippen LogP contribution in [0.1, 0.15) is 0 Å². The fourth-order valence-corrected chi connectivity index (χ4v) is 1.60. The third kappa shape index (κ3) is 2.24. The summed E-state index contributed by atoms with van der Waals surface area (Å²) in [5, 5.41) is 10.6. The number of aliphatic imine (C=N–C) groups is 1. The average Bonchev–Trinajstić information content (AvgIpc) is 2.93. The monoisotopic (exact) mass is 270 g/mol. The molecule has 0 spiro atoms. The first-order valence-corrected chi connectivity index (χ1v) is 5.61. The van der Waals surface area contributed by atoms with Gasteiger partial charge >= 0.3 is 0 Å². The van der Waals surface area contributed by atoms with Gasteiger partial charge in [-0.3, -0.25) is 10.2 Å². The molecular formula is C11H10N8O. The number of nitrogens with two attached hydrogens (primary N) is 1. The zero-order valence-corrected chi connectivity index (χ0v) is 10.2. The highest BCUT2D eigenvalue weighted by Crippen LogP contribution is 2.18. The van der Waals surface area contributed by atoms with E-state index in [2.05, 4.69) is 29.9 Å². The van der Waals surface area contributed by atoms with Crippen LogP contribution in [0.3, 0.4) is 0 Å². The summed E-state index contributed by atoms with van der Waals surface area (Å²) in [7, 11) is 0. The minimum atomic E-state index is 0.364. The minimum absolute atomic E-state index is 0.364. The molecule has 9 nitrogen and oxygen atoms in total. The van der Waals surface area contributed by atoms with Gasteiger partial charge in [0.15, 0.2) is 11.5 Å². The number of anilines is 2. The Hall–Kier alpha value is -3.07. The molecule has 0 amide bonds. The molecule has 3 heterocycles. The van der Waals surface area contributed by atoms with E-state index < -0.39 is 0 Å². The summed E-state index contributed by atoms with van der Waals surface area (Å²) in [5.74, 6) is 0.364. The summed E-state index contributed by atoms with van der Waals surface area (Å²) in [4.78, 5) is 22.8. The van der Waals surface area contributed by atoms with E-state index in [9.17, 15) is 5.21 Å². The Balaban J connectivity index is 1.88. The molecule has 0 unspecified atom stereocenters. The molecule has 3 rings (SSSR count). The Morgan fingerprint density at radius 3 is 3.05 bits per heavy atom. The van der Waals surface area contributed by atoms with Crippen LogP contribution < -0.4 is 10.8 Å². The molecule has 0 fully saturated rings. The molecule has 0 atom stereocenters.